The summed E-state index contributed by atoms with van der Waals surface area (Å²) in [6.07, 6.45) is -4.72. The van der Waals surface area contributed by atoms with Crippen LogP contribution < -0.4 is 0 Å². The molecule has 26 heavy (non-hydrogen) atoms. The van der Waals surface area contributed by atoms with Gasteiger partial charge in [-0.3, -0.25) is 9.59 Å². The average Bonchev–Trinajstić information content (AvgIpc) is 2.79. The third-order valence-corrected chi connectivity index (χ3v) is 4.10. The zero-order chi connectivity index (χ0) is 19.2. The maximum atomic E-state index is 12.7. The molecule has 0 saturated heterocycles. The molecular weight excluding hydrogens is 398 g/mol. The van der Waals surface area contributed by atoms with Gasteiger partial charge in [0.15, 0.2) is 0 Å². The van der Waals surface area contributed by atoms with Crippen molar-refractivity contribution < 1.29 is 32.4 Å². The van der Waals surface area contributed by atoms with Crippen molar-refractivity contribution in [2.45, 2.75) is 6.18 Å². The number of hydrogen-bond donors (Lipinski definition) is 0. The first-order valence-electron chi connectivity index (χ1n) is 6.87. The van der Waals surface area contributed by atoms with E-state index in [0.717, 1.165) is 0 Å². The highest BCUT2D eigenvalue weighted by atomic mass is 35.5. The van der Waals surface area contributed by atoms with Crippen molar-refractivity contribution in [3.05, 3.63) is 68.7 Å². The Bertz CT molecular complexity index is 901. The van der Waals surface area contributed by atoms with E-state index in [-0.39, 0.29) is 16.2 Å². The quantitative estimate of drug-likeness (QED) is 0.698. The number of hydrogen-bond acceptors (Lipinski definition) is 4. The number of alkyl halides is 3. The van der Waals surface area contributed by atoms with Gasteiger partial charge in [-0.25, -0.2) is 4.79 Å². The zero-order valence-corrected chi connectivity index (χ0v) is 13.9. The van der Waals surface area contributed by atoms with E-state index in [1.165, 1.54) is 24.3 Å². The van der Waals surface area contributed by atoms with Crippen molar-refractivity contribution in [2.24, 2.45) is 0 Å². The van der Waals surface area contributed by atoms with Gasteiger partial charge in [0.05, 0.1) is 32.3 Å². The lowest BCUT2D eigenvalue weighted by molar-refractivity contribution is -0.137. The van der Waals surface area contributed by atoms with Crippen molar-refractivity contribution in [1.82, 2.24) is 5.06 Å². The standard InChI is InChI=1S/C16H6Cl2F3NO4/c17-10-5-7(16(19,20)21)6-11(18)12(10)15(25)26-22-13(23)8-3-1-2-4-9(8)14(22)24/h1-6H. The lowest BCUT2D eigenvalue weighted by atomic mass is 10.1. The monoisotopic (exact) mass is 403 g/mol. The average molecular weight is 404 g/mol. The lowest BCUT2D eigenvalue weighted by Crippen LogP contribution is -2.32. The van der Waals surface area contributed by atoms with Crippen LogP contribution in [0.1, 0.15) is 36.6 Å². The number of benzene rings is 2. The van der Waals surface area contributed by atoms with Crippen LogP contribution in [-0.2, 0) is 11.0 Å². The number of rotatable bonds is 2. The summed E-state index contributed by atoms with van der Waals surface area (Å²) < 4.78 is 38.2. The van der Waals surface area contributed by atoms with Crippen LogP contribution in [0, 0.1) is 0 Å². The van der Waals surface area contributed by atoms with E-state index in [0.29, 0.717) is 12.1 Å². The van der Waals surface area contributed by atoms with Crippen molar-refractivity contribution in [3.8, 4) is 0 Å². The fraction of sp³-hybridized carbons (Fsp3) is 0.0625. The molecule has 2 amide bonds. The first-order valence-corrected chi connectivity index (χ1v) is 7.63. The van der Waals surface area contributed by atoms with E-state index < -0.39 is 45.1 Å². The molecule has 0 aromatic heterocycles. The van der Waals surface area contributed by atoms with Crippen LogP contribution in [0.5, 0.6) is 0 Å². The number of hydroxylamine groups is 2. The van der Waals surface area contributed by atoms with Crippen LogP contribution >= 0.6 is 23.2 Å². The molecule has 0 aliphatic carbocycles. The molecule has 134 valence electrons. The number of carbonyl (C=O) groups excluding carboxylic acids is 3. The molecule has 1 aliphatic rings. The molecule has 1 aliphatic heterocycles. The summed E-state index contributed by atoms with van der Waals surface area (Å²) in [6, 6.07) is 6.74. The molecule has 0 bridgehead atoms. The Morgan fingerprint density at radius 1 is 0.962 bits per heavy atom. The maximum absolute atomic E-state index is 12.7. The minimum Gasteiger partial charge on any atom is -0.324 e. The number of carbonyl (C=O) groups is 3. The summed E-state index contributed by atoms with van der Waals surface area (Å²) in [5, 5.41) is -1.06. The van der Waals surface area contributed by atoms with Crippen LogP contribution in [0.3, 0.4) is 0 Å². The molecule has 2 aromatic carbocycles. The lowest BCUT2D eigenvalue weighted by Gasteiger charge is -2.15. The Kier molecular flexibility index (Phi) is 4.41. The van der Waals surface area contributed by atoms with Gasteiger partial charge in [-0.05, 0) is 24.3 Å². The van der Waals surface area contributed by atoms with Gasteiger partial charge in [0, 0.05) is 0 Å². The summed E-state index contributed by atoms with van der Waals surface area (Å²) in [6.45, 7) is 0. The van der Waals surface area contributed by atoms with E-state index in [9.17, 15) is 27.6 Å². The second-order valence-corrected chi connectivity index (χ2v) is 5.96. The fourth-order valence-electron chi connectivity index (χ4n) is 2.31. The van der Waals surface area contributed by atoms with Gasteiger partial charge >= 0.3 is 12.1 Å². The molecule has 3 rings (SSSR count). The minimum absolute atomic E-state index is 0.0231. The van der Waals surface area contributed by atoms with E-state index in [2.05, 4.69) is 0 Å². The third kappa shape index (κ3) is 3.02. The van der Waals surface area contributed by atoms with Crippen molar-refractivity contribution in [3.63, 3.8) is 0 Å². The normalized spacial score (nSPS) is 13.8. The van der Waals surface area contributed by atoms with Gasteiger partial charge in [-0.2, -0.15) is 13.2 Å². The highest BCUT2D eigenvalue weighted by molar-refractivity contribution is 6.39. The smallest absolute Gasteiger partial charge is 0.324 e. The third-order valence-electron chi connectivity index (χ3n) is 3.50. The number of halogens is 5. The highest BCUT2D eigenvalue weighted by Crippen LogP contribution is 2.36. The summed E-state index contributed by atoms with van der Waals surface area (Å²) >= 11 is 11.4. The van der Waals surface area contributed by atoms with Crippen molar-refractivity contribution >= 4 is 41.0 Å². The SMILES string of the molecule is O=C(ON1C(=O)c2ccccc2C1=O)c1c(Cl)cc(C(F)(F)F)cc1Cl. The molecule has 0 fully saturated rings. The fourth-order valence-corrected chi connectivity index (χ4v) is 2.95. The van der Waals surface area contributed by atoms with Crippen LogP contribution in [0.25, 0.3) is 0 Å². The van der Waals surface area contributed by atoms with Gasteiger partial charge in [0.25, 0.3) is 11.8 Å². The van der Waals surface area contributed by atoms with E-state index in [1.807, 2.05) is 0 Å². The number of fused-ring (bicyclic) bond motifs is 1. The Labute approximate surface area is 153 Å². The van der Waals surface area contributed by atoms with Crippen LogP contribution in [-0.4, -0.2) is 22.8 Å². The second-order valence-electron chi connectivity index (χ2n) is 5.14. The topological polar surface area (TPSA) is 63.7 Å². The highest BCUT2D eigenvalue weighted by Gasteiger charge is 2.40. The van der Waals surface area contributed by atoms with Crippen molar-refractivity contribution in [2.75, 3.05) is 0 Å². The van der Waals surface area contributed by atoms with Gasteiger partial charge in [-0.15, -0.1) is 0 Å². The van der Waals surface area contributed by atoms with Crippen LogP contribution in [0.15, 0.2) is 36.4 Å². The van der Waals surface area contributed by atoms with E-state index >= 15 is 0 Å². The summed E-state index contributed by atoms with van der Waals surface area (Å²) in [5.41, 5.74) is -1.72. The minimum atomic E-state index is -4.72. The molecule has 0 saturated carbocycles. The van der Waals surface area contributed by atoms with Gasteiger partial charge in [-0.1, -0.05) is 40.4 Å². The molecule has 5 nitrogen and oxygen atoms in total. The Morgan fingerprint density at radius 2 is 1.42 bits per heavy atom. The second kappa shape index (κ2) is 6.30. The molecule has 0 atom stereocenters. The van der Waals surface area contributed by atoms with Crippen LogP contribution in [0.2, 0.25) is 10.0 Å². The van der Waals surface area contributed by atoms with Gasteiger partial charge < -0.3 is 4.84 Å². The van der Waals surface area contributed by atoms with E-state index in [1.54, 1.807) is 0 Å². The number of nitrogens with zero attached hydrogens (tertiary/aromatic N) is 1. The molecule has 0 spiro atoms. The molecule has 1 heterocycles. The number of imide groups is 1. The first kappa shape index (κ1) is 18.2. The summed E-state index contributed by atoms with van der Waals surface area (Å²) in [4.78, 5) is 41.2. The largest absolute Gasteiger partial charge is 0.416 e. The Hall–Kier alpha value is -2.58. The molecule has 0 radical (unpaired) electrons. The summed E-state index contributed by atoms with van der Waals surface area (Å²) in [7, 11) is 0. The predicted molar refractivity (Wildman–Crippen MR) is 83.8 cm³/mol. The van der Waals surface area contributed by atoms with Gasteiger partial charge in [0.2, 0.25) is 0 Å². The number of amides is 2. The van der Waals surface area contributed by atoms with Crippen molar-refractivity contribution in [1.29, 1.82) is 0 Å². The molecular formula is C16H6Cl2F3NO4. The maximum Gasteiger partial charge on any atom is 0.416 e. The first-order chi connectivity index (χ1) is 12.1. The van der Waals surface area contributed by atoms with Crippen LogP contribution in [0.4, 0.5) is 13.2 Å². The molecule has 0 N–H and O–H groups in total. The Balaban J connectivity index is 1.91. The van der Waals surface area contributed by atoms with Gasteiger partial charge in [0.1, 0.15) is 0 Å². The molecule has 0 unspecified atom stereocenters. The Morgan fingerprint density at radius 3 is 1.85 bits per heavy atom. The van der Waals surface area contributed by atoms with E-state index in [4.69, 9.17) is 28.0 Å². The molecule has 2 aromatic rings. The predicted octanol–water partition coefficient (Wildman–Crippen LogP) is 4.38. The summed E-state index contributed by atoms with van der Waals surface area (Å²) in [5.74, 6) is -3.13. The molecule has 10 heteroatoms. The zero-order valence-electron chi connectivity index (χ0n) is 12.4.